The molecule has 0 radical (unpaired) electrons. The zero-order valence-corrected chi connectivity index (χ0v) is 16.3. The van der Waals surface area contributed by atoms with Gasteiger partial charge in [-0.1, -0.05) is 73.5 Å². The maximum Gasteiger partial charge on any atom is 0.0471 e. The van der Waals surface area contributed by atoms with E-state index in [1.165, 1.54) is 39.9 Å². The van der Waals surface area contributed by atoms with E-state index in [0.717, 1.165) is 19.4 Å². The number of rotatable bonds is 8. The van der Waals surface area contributed by atoms with Gasteiger partial charge in [0.15, 0.2) is 0 Å². The van der Waals surface area contributed by atoms with E-state index in [0.29, 0.717) is 0 Å². The van der Waals surface area contributed by atoms with Crippen molar-refractivity contribution < 1.29 is 0 Å². The Hall–Kier alpha value is -1.02. The first-order valence-corrected chi connectivity index (χ1v) is 9.23. The molecule has 0 saturated carbocycles. The fourth-order valence-electron chi connectivity index (χ4n) is 2.71. The smallest absolute Gasteiger partial charge is 0.0471 e. The lowest BCUT2D eigenvalue weighted by Crippen LogP contribution is -2.24. The lowest BCUT2D eigenvalue weighted by atomic mass is 10.0. The second-order valence-electron chi connectivity index (χ2n) is 5.69. The van der Waals surface area contributed by atoms with Crippen LogP contribution < -0.4 is 0 Å². The van der Waals surface area contributed by atoms with Gasteiger partial charge in [-0.25, -0.2) is 0 Å². The van der Waals surface area contributed by atoms with Crippen LogP contribution in [0.2, 0.25) is 0 Å². The highest BCUT2D eigenvalue weighted by molar-refractivity contribution is 9.11. The number of hydrogen-bond donors (Lipinski definition) is 0. The molecule has 0 spiro atoms. The van der Waals surface area contributed by atoms with E-state index in [1.807, 2.05) is 0 Å². The summed E-state index contributed by atoms with van der Waals surface area (Å²) in [5, 5.41) is 0. The normalized spacial score (nSPS) is 13.5. The number of unbranched alkanes of at least 4 members (excludes halogenated alkanes) is 1. The van der Waals surface area contributed by atoms with Gasteiger partial charge in [0.2, 0.25) is 0 Å². The zero-order valence-electron chi connectivity index (χ0n) is 14.7. The number of hydrogen-bond acceptors (Lipinski definition) is 1. The minimum atomic E-state index is 1.04. The highest BCUT2D eigenvalue weighted by Gasteiger charge is 2.18. The fraction of sp³-hybridized carbons (Fsp3) is 0.500. The summed E-state index contributed by atoms with van der Waals surface area (Å²) in [5.41, 5.74) is 5.53. The van der Waals surface area contributed by atoms with Gasteiger partial charge in [0.05, 0.1) is 0 Å². The van der Waals surface area contributed by atoms with Gasteiger partial charge in [-0.15, -0.1) is 0 Å². The fourth-order valence-corrected chi connectivity index (χ4v) is 3.21. The van der Waals surface area contributed by atoms with Crippen LogP contribution in [0.1, 0.15) is 65.9 Å². The molecule has 0 aliphatic carbocycles. The Balaban J connectivity index is 3.42. The molecule has 1 aromatic carbocycles. The molecule has 0 aromatic heterocycles. The third-order valence-corrected chi connectivity index (χ3v) is 4.50. The third kappa shape index (κ3) is 5.01. The standard InChI is InChI=1S/C20H30BrN/c1-6-9-15-22(19(8-3)17(5)21)20(16(4)7-2)18-13-11-10-12-14-18/h10-14H,6-9,15H2,1-5H3/b19-17+,20-16?. The van der Waals surface area contributed by atoms with Crippen LogP contribution in [0.4, 0.5) is 0 Å². The van der Waals surface area contributed by atoms with Crippen molar-refractivity contribution in [2.45, 2.75) is 60.3 Å². The molecule has 22 heavy (non-hydrogen) atoms. The second kappa shape index (κ2) is 9.89. The molecule has 1 rings (SSSR count). The average Bonchev–Trinajstić information content (AvgIpc) is 2.53. The van der Waals surface area contributed by atoms with E-state index >= 15 is 0 Å². The van der Waals surface area contributed by atoms with Gasteiger partial charge in [0.1, 0.15) is 0 Å². The molecular weight excluding hydrogens is 334 g/mol. The predicted molar refractivity (Wildman–Crippen MR) is 103 cm³/mol. The molecule has 0 heterocycles. The Morgan fingerprint density at radius 2 is 1.64 bits per heavy atom. The summed E-state index contributed by atoms with van der Waals surface area (Å²) >= 11 is 3.72. The van der Waals surface area contributed by atoms with Crippen LogP contribution >= 0.6 is 15.9 Å². The van der Waals surface area contributed by atoms with Crippen LogP contribution in [0.3, 0.4) is 0 Å². The lowest BCUT2D eigenvalue weighted by Gasteiger charge is -2.32. The molecule has 0 aliphatic rings. The number of halogens is 1. The molecule has 0 aliphatic heterocycles. The largest absolute Gasteiger partial charge is 0.344 e. The predicted octanol–water partition coefficient (Wildman–Crippen LogP) is 6.97. The Bertz CT molecular complexity index is 510. The van der Waals surface area contributed by atoms with Crippen LogP contribution in [-0.2, 0) is 0 Å². The SMILES string of the molecule is CCCCN(C(=C(C)CC)c1ccccc1)/C(CC)=C(\C)Br. The summed E-state index contributed by atoms with van der Waals surface area (Å²) < 4.78 is 1.24. The summed E-state index contributed by atoms with van der Waals surface area (Å²) in [6.07, 6.45) is 4.53. The van der Waals surface area contributed by atoms with Crippen LogP contribution in [0.15, 0.2) is 46.1 Å². The maximum atomic E-state index is 3.72. The zero-order chi connectivity index (χ0) is 16.5. The Labute approximate surface area is 145 Å². The summed E-state index contributed by atoms with van der Waals surface area (Å²) in [5.74, 6) is 0. The Kier molecular flexibility index (Phi) is 8.55. The van der Waals surface area contributed by atoms with Gasteiger partial charge in [-0.05, 0) is 44.2 Å². The van der Waals surface area contributed by atoms with E-state index in [4.69, 9.17) is 0 Å². The van der Waals surface area contributed by atoms with Gasteiger partial charge in [-0.3, -0.25) is 0 Å². The van der Waals surface area contributed by atoms with E-state index in [2.05, 4.69) is 85.8 Å². The first kappa shape index (κ1) is 19.0. The van der Waals surface area contributed by atoms with Gasteiger partial charge in [-0.2, -0.15) is 0 Å². The average molecular weight is 364 g/mol. The summed E-state index contributed by atoms with van der Waals surface area (Å²) in [6, 6.07) is 10.8. The molecule has 1 nitrogen and oxygen atoms in total. The Morgan fingerprint density at radius 1 is 1.00 bits per heavy atom. The van der Waals surface area contributed by atoms with E-state index in [9.17, 15) is 0 Å². The van der Waals surface area contributed by atoms with Gasteiger partial charge in [0.25, 0.3) is 0 Å². The van der Waals surface area contributed by atoms with Crippen LogP contribution in [0, 0.1) is 0 Å². The van der Waals surface area contributed by atoms with E-state index in [1.54, 1.807) is 0 Å². The minimum absolute atomic E-state index is 1.04. The van der Waals surface area contributed by atoms with Crippen molar-refractivity contribution in [3.8, 4) is 0 Å². The van der Waals surface area contributed by atoms with Crippen LogP contribution in [0.25, 0.3) is 5.70 Å². The first-order chi connectivity index (χ1) is 10.6. The van der Waals surface area contributed by atoms with Crippen molar-refractivity contribution >= 4 is 21.6 Å². The monoisotopic (exact) mass is 363 g/mol. The molecule has 2 heteroatoms. The molecule has 0 atom stereocenters. The van der Waals surface area contributed by atoms with Crippen molar-refractivity contribution in [3.05, 3.63) is 51.6 Å². The first-order valence-electron chi connectivity index (χ1n) is 8.44. The summed E-state index contributed by atoms with van der Waals surface area (Å²) in [6.45, 7) is 12.2. The van der Waals surface area contributed by atoms with E-state index < -0.39 is 0 Å². The topological polar surface area (TPSA) is 3.24 Å². The molecule has 122 valence electrons. The second-order valence-corrected chi connectivity index (χ2v) is 6.88. The van der Waals surface area contributed by atoms with Crippen molar-refractivity contribution in [1.29, 1.82) is 0 Å². The van der Waals surface area contributed by atoms with Crippen LogP contribution in [-0.4, -0.2) is 11.4 Å². The lowest BCUT2D eigenvalue weighted by molar-refractivity contribution is 0.451. The van der Waals surface area contributed by atoms with Crippen molar-refractivity contribution in [2.75, 3.05) is 6.54 Å². The Morgan fingerprint density at radius 3 is 2.09 bits per heavy atom. The molecule has 0 amide bonds. The third-order valence-electron chi connectivity index (χ3n) is 4.05. The molecule has 0 unspecified atom stereocenters. The van der Waals surface area contributed by atoms with E-state index in [-0.39, 0.29) is 0 Å². The molecule has 0 fully saturated rings. The maximum absolute atomic E-state index is 3.72. The molecular formula is C20H30BrN. The summed E-state index contributed by atoms with van der Waals surface area (Å²) in [4.78, 5) is 2.53. The number of allylic oxidation sites excluding steroid dienone is 3. The minimum Gasteiger partial charge on any atom is -0.344 e. The van der Waals surface area contributed by atoms with Gasteiger partial charge >= 0.3 is 0 Å². The van der Waals surface area contributed by atoms with Crippen LogP contribution in [0.5, 0.6) is 0 Å². The number of nitrogens with zero attached hydrogens (tertiary/aromatic N) is 1. The molecule has 0 N–H and O–H groups in total. The molecule has 1 aromatic rings. The summed E-state index contributed by atoms with van der Waals surface area (Å²) in [7, 11) is 0. The molecule has 0 bridgehead atoms. The highest BCUT2D eigenvalue weighted by atomic mass is 79.9. The van der Waals surface area contributed by atoms with Crippen molar-refractivity contribution in [3.63, 3.8) is 0 Å². The van der Waals surface area contributed by atoms with Gasteiger partial charge in [0, 0.05) is 22.4 Å². The van der Waals surface area contributed by atoms with Crippen molar-refractivity contribution in [1.82, 2.24) is 4.90 Å². The molecule has 0 saturated heterocycles. The van der Waals surface area contributed by atoms with Crippen molar-refractivity contribution in [2.24, 2.45) is 0 Å². The quantitative estimate of drug-likeness (QED) is 0.482. The van der Waals surface area contributed by atoms with Gasteiger partial charge < -0.3 is 4.90 Å². The number of benzene rings is 1. The highest BCUT2D eigenvalue weighted by Crippen LogP contribution is 2.32.